The van der Waals surface area contributed by atoms with Gasteiger partial charge in [0.25, 0.3) is 0 Å². The van der Waals surface area contributed by atoms with Crippen LogP contribution in [0.15, 0.2) is 48.7 Å². The lowest BCUT2D eigenvalue weighted by Crippen LogP contribution is -2.42. The van der Waals surface area contributed by atoms with Crippen molar-refractivity contribution >= 4 is 12.0 Å². The van der Waals surface area contributed by atoms with Gasteiger partial charge in [0.1, 0.15) is 6.10 Å². The molecule has 1 aromatic carbocycles. The molecule has 0 N–H and O–H groups in total. The van der Waals surface area contributed by atoms with Gasteiger partial charge in [-0.3, -0.25) is 9.78 Å². The lowest BCUT2D eigenvalue weighted by atomic mass is 9.57. The average Bonchev–Trinajstić information content (AvgIpc) is 3.09. The minimum absolute atomic E-state index is 0.00371. The molecule has 33 heavy (non-hydrogen) atoms. The number of carbonyl (C=O) groups is 1. The number of carbonyl (C=O) groups excluding carboxylic acids is 1. The molecule has 0 radical (unpaired) electrons. The van der Waals surface area contributed by atoms with Crippen LogP contribution in [0.25, 0.3) is 17.2 Å². The molecule has 0 spiro atoms. The van der Waals surface area contributed by atoms with Crippen molar-refractivity contribution in [3.63, 3.8) is 0 Å². The normalized spacial score (nSPS) is 31.8. The molecule has 1 saturated heterocycles. The van der Waals surface area contributed by atoms with Gasteiger partial charge >= 0.3 is 12.1 Å². The first-order valence-corrected chi connectivity index (χ1v) is 11.8. The van der Waals surface area contributed by atoms with Crippen molar-refractivity contribution in [2.24, 2.45) is 29.6 Å². The summed E-state index contributed by atoms with van der Waals surface area (Å²) >= 11 is 0. The number of halogens is 3. The third-order valence-electron chi connectivity index (χ3n) is 7.90. The van der Waals surface area contributed by atoms with Gasteiger partial charge in [0.2, 0.25) is 0 Å². The largest absolute Gasteiger partial charge is 0.462 e. The van der Waals surface area contributed by atoms with Crippen LogP contribution in [0, 0.1) is 29.6 Å². The summed E-state index contributed by atoms with van der Waals surface area (Å²) in [5.74, 6) is 1.66. The maximum absolute atomic E-state index is 12.8. The second-order valence-electron chi connectivity index (χ2n) is 9.75. The molecule has 2 aromatic rings. The highest BCUT2D eigenvalue weighted by atomic mass is 19.4. The molecule has 2 aliphatic carbocycles. The molecule has 6 atom stereocenters. The third-order valence-corrected chi connectivity index (χ3v) is 7.90. The quantitative estimate of drug-likeness (QED) is 0.479. The van der Waals surface area contributed by atoms with Gasteiger partial charge in [0, 0.05) is 17.7 Å². The first kappa shape index (κ1) is 22.2. The van der Waals surface area contributed by atoms with Gasteiger partial charge in [0.15, 0.2) is 0 Å². The zero-order chi connectivity index (χ0) is 23.2. The number of rotatable bonds is 3. The first-order valence-electron chi connectivity index (χ1n) is 11.8. The van der Waals surface area contributed by atoms with Crippen LogP contribution in [0.4, 0.5) is 13.2 Å². The number of pyridine rings is 1. The molecule has 3 aliphatic rings. The maximum Gasteiger partial charge on any atom is 0.416 e. The van der Waals surface area contributed by atoms with E-state index in [4.69, 9.17) is 4.74 Å². The smallest absolute Gasteiger partial charge is 0.416 e. The van der Waals surface area contributed by atoms with Crippen molar-refractivity contribution in [1.29, 1.82) is 0 Å². The van der Waals surface area contributed by atoms with E-state index in [-0.39, 0.29) is 23.9 Å². The third kappa shape index (κ3) is 4.32. The monoisotopic (exact) mass is 455 g/mol. The summed E-state index contributed by atoms with van der Waals surface area (Å²) in [6, 6.07) is 8.90. The molecule has 0 unspecified atom stereocenters. The van der Waals surface area contributed by atoms with Crippen LogP contribution < -0.4 is 0 Å². The number of alkyl halides is 3. The summed E-state index contributed by atoms with van der Waals surface area (Å²) in [6.07, 6.45) is 7.40. The molecule has 2 saturated carbocycles. The van der Waals surface area contributed by atoms with E-state index in [2.05, 4.69) is 11.1 Å². The molecule has 174 valence electrons. The van der Waals surface area contributed by atoms with E-state index in [1.165, 1.54) is 37.8 Å². The van der Waals surface area contributed by atoms with Crippen molar-refractivity contribution in [3.05, 3.63) is 59.9 Å². The van der Waals surface area contributed by atoms with E-state index in [1.54, 1.807) is 6.20 Å². The summed E-state index contributed by atoms with van der Waals surface area (Å²) in [5.41, 5.74) is 1.61. The van der Waals surface area contributed by atoms with Crippen LogP contribution in [0.2, 0.25) is 0 Å². The summed E-state index contributed by atoms with van der Waals surface area (Å²) in [6.45, 7) is 2.02. The fourth-order valence-corrected chi connectivity index (χ4v) is 6.32. The predicted molar refractivity (Wildman–Crippen MR) is 120 cm³/mol. The Morgan fingerprint density at radius 3 is 2.45 bits per heavy atom. The minimum atomic E-state index is -4.34. The van der Waals surface area contributed by atoms with Crippen LogP contribution in [-0.2, 0) is 15.7 Å². The molecular weight excluding hydrogens is 427 g/mol. The number of ether oxygens (including phenoxy) is 1. The molecule has 1 aromatic heterocycles. The lowest BCUT2D eigenvalue weighted by Gasteiger charge is -2.45. The van der Waals surface area contributed by atoms with Crippen LogP contribution in [0.1, 0.15) is 50.3 Å². The van der Waals surface area contributed by atoms with Gasteiger partial charge in [-0.15, -0.1) is 0 Å². The Balaban J connectivity index is 1.35. The minimum Gasteiger partial charge on any atom is -0.462 e. The zero-order valence-electron chi connectivity index (χ0n) is 18.6. The molecule has 2 heterocycles. The molecule has 0 bridgehead atoms. The number of esters is 1. The number of hydrogen-bond donors (Lipinski definition) is 0. The summed E-state index contributed by atoms with van der Waals surface area (Å²) < 4.78 is 44.0. The Kier molecular flexibility index (Phi) is 5.79. The number of fused-ring (bicyclic) bond motifs is 2. The average molecular weight is 456 g/mol. The molecule has 0 amide bonds. The molecule has 3 fully saturated rings. The molecule has 1 aliphatic heterocycles. The van der Waals surface area contributed by atoms with Gasteiger partial charge in [-0.05, 0) is 67.4 Å². The number of cyclic esters (lactones) is 1. The maximum atomic E-state index is 12.8. The zero-order valence-corrected chi connectivity index (χ0v) is 18.6. The van der Waals surface area contributed by atoms with E-state index in [0.717, 1.165) is 29.8 Å². The Hall–Kier alpha value is -2.63. The number of benzene rings is 1. The predicted octanol–water partition coefficient (Wildman–Crippen LogP) is 6.78. The second kappa shape index (κ2) is 8.62. The highest BCUT2D eigenvalue weighted by Crippen LogP contribution is 2.53. The standard InChI is InChI=1S/C27H28F3NO2/c1-16-25-23(22-5-3-2-4-18(22)14-24(25)26(32)33-16)13-12-21-11-8-19(15-31-21)17-6-9-20(10-7-17)27(28,29)30/h6-13,15-16,18,22-25H,2-5,14H2,1H3/b13-12+/t16-,18+,22-,23+,24-,25+/m1/s1. The summed E-state index contributed by atoms with van der Waals surface area (Å²) in [4.78, 5) is 17.0. The Bertz CT molecular complexity index is 1030. The van der Waals surface area contributed by atoms with Gasteiger partial charge in [-0.25, -0.2) is 0 Å². The van der Waals surface area contributed by atoms with Crippen molar-refractivity contribution < 1.29 is 22.7 Å². The highest BCUT2D eigenvalue weighted by molar-refractivity contribution is 5.75. The molecule has 3 nitrogen and oxygen atoms in total. The molecular formula is C27H28F3NO2. The van der Waals surface area contributed by atoms with Crippen molar-refractivity contribution in [2.75, 3.05) is 0 Å². The topological polar surface area (TPSA) is 39.2 Å². The van der Waals surface area contributed by atoms with Crippen LogP contribution in [0.5, 0.6) is 0 Å². The van der Waals surface area contributed by atoms with E-state index in [0.29, 0.717) is 23.3 Å². The molecule has 5 rings (SSSR count). The number of nitrogens with zero attached hydrogens (tertiary/aromatic N) is 1. The van der Waals surface area contributed by atoms with Crippen molar-refractivity contribution in [1.82, 2.24) is 4.98 Å². The van der Waals surface area contributed by atoms with Crippen molar-refractivity contribution in [3.8, 4) is 11.1 Å². The second-order valence-corrected chi connectivity index (χ2v) is 9.75. The lowest BCUT2D eigenvalue weighted by molar-refractivity contribution is -0.144. The highest BCUT2D eigenvalue weighted by Gasteiger charge is 2.53. The van der Waals surface area contributed by atoms with Gasteiger partial charge in [-0.2, -0.15) is 13.2 Å². The van der Waals surface area contributed by atoms with Crippen molar-refractivity contribution in [2.45, 2.75) is 51.3 Å². The van der Waals surface area contributed by atoms with Gasteiger partial charge < -0.3 is 4.74 Å². The van der Waals surface area contributed by atoms with E-state index in [9.17, 15) is 18.0 Å². The van der Waals surface area contributed by atoms with Crippen LogP contribution in [-0.4, -0.2) is 17.1 Å². The SMILES string of the molecule is C[C@H]1OC(=O)[C@@H]2C[C@@H]3CCCC[C@H]3[C@H](/C=C/c3ccc(-c4ccc(C(F)(F)F)cc4)cn3)[C@H]12. The first-order chi connectivity index (χ1) is 15.8. The summed E-state index contributed by atoms with van der Waals surface area (Å²) in [5, 5.41) is 0. The van der Waals surface area contributed by atoms with Crippen LogP contribution in [0.3, 0.4) is 0 Å². The number of hydrogen-bond acceptors (Lipinski definition) is 3. The Labute approximate surface area is 192 Å². The molecule has 6 heteroatoms. The Morgan fingerprint density at radius 1 is 1.03 bits per heavy atom. The van der Waals surface area contributed by atoms with E-state index >= 15 is 0 Å². The van der Waals surface area contributed by atoms with Gasteiger partial charge in [0.05, 0.1) is 17.2 Å². The Morgan fingerprint density at radius 2 is 1.76 bits per heavy atom. The number of allylic oxidation sites excluding steroid dienone is 1. The van der Waals surface area contributed by atoms with E-state index in [1.807, 2.05) is 25.1 Å². The number of aromatic nitrogens is 1. The summed E-state index contributed by atoms with van der Waals surface area (Å²) in [7, 11) is 0. The van der Waals surface area contributed by atoms with Gasteiger partial charge in [-0.1, -0.05) is 43.5 Å². The van der Waals surface area contributed by atoms with E-state index < -0.39 is 11.7 Å². The fourth-order valence-electron chi connectivity index (χ4n) is 6.32. The van der Waals surface area contributed by atoms with Crippen LogP contribution >= 0.6 is 0 Å². The fraction of sp³-hybridized carbons (Fsp3) is 0.481.